The molecular formula is C9H13N3O. The van der Waals surface area contributed by atoms with E-state index in [0.717, 1.165) is 5.82 Å². The molecule has 2 heterocycles. The van der Waals surface area contributed by atoms with Crippen LogP contribution in [-0.4, -0.2) is 20.9 Å². The van der Waals surface area contributed by atoms with Crippen molar-refractivity contribution >= 4 is 12.0 Å². The minimum absolute atomic E-state index is 0.332. The lowest BCUT2D eigenvalue weighted by Crippen LogP contribution is -2.05. The van der Waals surface area contributed by atoms with Gasteiger partial charge in [-0.2, -0.15) is 0 Å². The molecule has 0 radical (unpaired) electrons. The molecule has 0 aliphatic carbocycles. The van der Waals surface area contributed by atoms with E-state index in [1.165, 1.54) is 0 Å². The molecule has 2 rings (SSSR count). The van der Waals surface area contributed by atoms with Crippen molar-refractivity contribution < 1.29 is 5.11 Å². The van der Waals surface area contributed by atoms with Crippen molar-refractivity contribution in [2.24, 2.45) is 4.99 Å². The zero-order valence-electron chi connectivity index (χ0n) is 7.81. The molecular weight excluding hydrogens is 166 g/mol. The molecule has 4 heteroatoms. The van der Waals surface area contributed by atoms with Crippen LogP contribution in [0.3, 0.4) is 0 Å². The SMILES string of the molecule is CC(C)n1cnc2c1N=CCC2O. The number of hydrogen-bond donors (Lipinski definition) is 1. The van der Waals surface area contributed by atoms with Crippen LogP contribution in [0.2, 0.25) is 0 Å². The third-order valence-electron chi connectivity index (χ3n) is 2.21. The summed E-state index contributed by atoms with van der Waals surface area (Å²) in [7, 11) is 0. The molecule has 0 saturated heterocycles. The Balaban J connectivity index is 2.49. The summed E-state index contributed by atoms with van der Waals surface area (Å²) < 4.78 is 1.97. The van der Waals surface area contributed by atoms with Crippen LogP contribution in [-0.2, 0) is 0 Å². The molecule has 1 N–H and O–H groups in total. The topological polar surface area (TPSA) is 50.4 Å². The summed E-state index contributed by atoms with van der Waals surface area (Å²) in [6, 6.07) is 0.332. The molecule has 0 fully saturated rings. The fraction of sp³-hybridized carbons (Fsp3) is 0.556. The second-order valence-electron chi connectivity index (χ2n) is 3.52. The van der Waals surface area contributed by atoms with E-state index in [-0.39, 0.29) is 0 Å². The summed E-state index contributed by atoms with van der Waals surface area (Å²) in [6.45, 7) is 4.14. The molecule has 0 bridgehead atoms. The lowest BCUT2D eigenvalue weighted by Gasteiger charge is -2.14. The fourth-order valence-electron chi connectivity index (χ4n) is 1.47. The van der Waals surface area contributed by atoms with Gasteiger partial charge in [0.2, 0.25) is 0 Å². The predicted octanol–water partition coefficient (Wildman–Crippen LogP) is 1.60. The van der Waals surface area contributed by atoms with Crippen molar-refractivity contribution in [3.8, 4) is 0 Å². The third kappa shape index (κ3) is 1.27. The van der Waals surface area contributed by atoms with Gasteiger partial charge < -0.3 is 9.67 Å². The van der Waals surface area contributed by atoms with E-state index in [0.29, 0.717) is 18.2 Å². The van der Waals surface area contributed by atoms with Crippen molar-refractivity contribution in [2.75, 3.05) is 0 Å². The Kier molecular flexibility index (Phi) is 1.92. The molecule has 1 aliphatic rings. The number of aromatic nitrogens is 2. The highest BCUT2D eigenvalue weighted by Crippen LogP contribution is 2.31. The van der Waals surface area contributed by atoms with Gasteiger partial charge in [-0.15, -0.1) is 0 Å². The monoisotopic (exact) mass is 179 g/mol. The summed E-state index contributed by atoms with van der Waals surface area (Å²) in [6.07, 6.45) is 3.57. The van der Waals surface area contributed by atoms with Crippen molar-refractivity contribution in [1.29, 1.82) is 0 Å². The van der Waals surface area contributed by atoms with Crippen LogP contribution >= 0.6 is 0 Å². The Bertz CT molecular complexity index is 341. The second-order valence-corrected chi connectivity index (χ2v) is 3.52. The molecule has 0 amide bonds. The van der Waals surface area contributed by atoms with E-state index in [1.54, 1.807) is 12.5 Å². The maximum absolute atomic E-state index is 9.59. The van der Waals surface area contributed by atoms with Gasteiger partial charge in [-0.05, 0) is 13.8 Å². The summed E-state index contributed by atoms with van der Waals surface area (Å²) in [5.41, 5.74) is 0.705. The van der Waals surface area contributed by atoms with Crippen LogP contribution < -0.4 is 0 Å². The Morgan fingerprint density at radius 2 is 2.38 bits per heavy atom. The fourth-order valence-corrected chi connectivity index (χ4v) is 1.47. The first kappa shape index (κ1) is 8.44. The predicted molar refractivity (Wildman–Crippen MR) is 50.3 cm³/mol. The average Bonchev–Trinajstić information content (AvgIpc) is 2.48. The molecule has 1 aliphatic heterocycles. The highest BCUT2D eigenvalue weighted by molar-refractivity contribution is 5.67. The Hall–Kier alpha value is -1.16. The van der Waals surface area contributed by atoms with Crippen molar-refractivity contribution in [2.45, 2.75) is 32.4 Å². The number of fused-ring (bicyclic) bond motifs is 1. The van der Waals surface area contributed by atoms with Crippen LogP contribution in [0, 0.1) is 0 Å². The van der Waals surface area contributed by atoms with E-state index < -0.39 is 6.10 Å². The number of aliphatic hydroxyl groups excluding tert-OH is 1. The molecule has 1 atom stereocenters. The molecule has 1 aromatic heterocycles. The lowest BCUT2D eigenvalue weighted by molar-refractivity contribution is 0.182. The van der Waals surface area contributed by atoms with Crippen LogP contribution in [0.4, 0.5) is 5.82 Å². The molecule has 13 heavy (non-hydrogen) atoms. The van der Waals surface area contributed by atoms with E-state index in [9.17, 15) is 5.11 Å². The summed E-state index contributed by atoms with van der Waals surface area (Å²) in [5.74, 6) is 0.800. The molecule has 4 nitrogen and oxygen atoms in total. The van der Waals surface area contributed by atoms with Crippen molar-refractivity contribution in [3.63, 3.8) is 0 Å². The number of rotatable bonds is 1. The Labute approximate surface area is 76.9 Å². The van der Waals surface area contributed by atoms with Crippen LogP contribution in [0.1, 0.15) is 38.1 Å². The minimum Gasteiger partial charge on any atom is -0.386 e. The van der Waals surface area contributed by atoms with Gasteiger partial charge in [-0.3, -0.25) is 0 Å². The zero-order valence-corrected chi connectivity index (χ0v) is 7.81. The minimum atomic E-state index is -0.479. The van der Waals surface area contributed by atoms with Gasteiger partial charge in [-0.25, -0.2) is 9.98 Å². The number of aliphatic imine (C=N–C) groups is 1. The summed E-state index contributed by atoms with van der Waals surface area (Å²) in [5, 5.41) is 9.59. The first-order valence-corrected chi connectivity index (χ1v) is 4.47. The third-order valence-corrected chi connectivity index (χ3v) is 2.21. The van der Waals surface area contributed by atoms with Gasteiger partial charge in [0.25, 0.3) is 0 Å². The first-order valence-electron chi connectivity index (χ1n) is 4.47. The van der Waals surface area contributed by atoms with E-state index >= 15 is 0 Å². The van der Waals surface area contributed by atoms with Crippen molar-refractivity contribution in [1.82, 2.24) is 9.55 Å². The number of hydrogen-bond acceptors (Lipinski definition) is 3. The maximum atomic E-state index is 9.59. The smallest absolute Gasteiger partial charge is 0.158 e. The molecule has 1 unspecified atom stereocenters. The van der Waals surface area contributed by atoms with E-state index in [1.807, 2.05) is 4.57 Å². The second kappa shape index (κ2) is 2.96. The van der Waals surface area contributed by atoms with Gasteiger partial charge in [0.1, 0.15) is 11.8 Å². The van der Waals surface area contributed by atoms with Gasteiger partial charge in [-0.1, -0.05) is 0 Å². The van der Waals surface area contributed by atoms with Gasteiger partial charge >= 0.3 is 0 Å². The number of aliphatic hydroxyl groups is 1. The normalized spacial score (nSPS) is 20.8. The van der Waals surface area contributed by atoms with Gasteiger partial charge in [0, 0.05) is 18.7 Å². The average molecular weight is 179 g/mol. The van der Waals surface area contributed by atoms with E-state index in [2.05, 4.69) is 23.8 Å². The van der Waals surface area contributed by atoms with Gasteiger partial charge in [0.15, 0.2) is 5.82 Å². The quantitative estimate of drug-likeness (QED) is 0.712. The molecule has 0 saturated carbocycles. The molecule has 0 aromatic carbocycles. The standard InChI is InChI=1S/C9H13N3O/c1-6(2)12-5-11-8-7(13)3-4-10-9(8)12/h4-7,13H,3H2,1-2H3. The van der Waals surface area contributed by atoms with Crippen LogP contribution in [0.15, 0.2) is 11.3 Å². The molecule has 0 spiro atoms. The highest BCUT2D eigenvalue weighted by atomic mass is 16.3. The Morgan fingerprint density at radius 3 is 3.08 bits per heavy atom. The zero-order chi connectivity index (χ0) is 9.42. The summed E-state index contributed by atoms with van der Waals surface area (Å²) >= 11 is 0. The first-order chi connectivity index (χ1) is 6.20. The Morgan fingerprint density at radius 1 is 1.62 bits per heavy atom. The number of imidazole rings is 1. The number of nitrogens with zero attached hydrogens (tertiary/aromatic N) is 3. The largest absolute Gasteiger partial charge is 0.386 e. The van der Waals surface area contributed by atoms with E-state index in [4.69, 9.17) is 0 Å². The maximum Gasteiger partial charge on any atom is 0.158 e. The van der Waals surface area contributed by atoms with Crippen molar-refractivity contribution in [3.05, 3.63) is 12.0 Å². The summed E-state index contributed by atoms with van der Waals surface area (Å²) in [4.78, 5) is 8.40. The van der Waals surface area contributed by atoms with Crippen LogP contribution in [0.5, 0.6) is 0 Å². The highest BCUT2D eigenvalue weighted by Gasteiger charge is 2.21. The van der Waals surface area contributed by atoms with Gasteiger partial charge in [0.05, 0.1) is 6.33 Å². The van der Waals surface area contributed by atoms with Crippen LogP contribution in [0.25, 0.3) is 0 Å². The lowest BCUT2D eigenvalue weighted by atomic mass is 10.1. The molecule has 70 valence electrons. The molecule has 1 aromatic rings.